The van der Waals surface area contributed by atoms with Crippen molar-refractivity contribution in [2.75, 3.05) is 13.2 Å². The molecule has 51 heavy (non-hydrogen) atoms. The number of hydrogen-bond acceptors (Lipinski definition) is 13. The fourth-order valence-corrected chi connectivity index (χ4v) is 12.4. The van der Waals surface area contributed by atoms with Gasteiger partial charge in [-0.3, -0.25) is 0 Å². The summed E-state index contributed by atoms with van der Waals surface area (Å²) in [6.45, 7) is 10.8. The van der Waals surface area contributed by atoms with Crippen LogP contribution in [0, 0.1) is 46.3 Å². The number of allylic oxidation sites excluding steroid dienone is 1. The van der Waals surface area contributed by atoms with Gasteiger partial charge in [0.05, 0.1) is 43.7 Å². The quantitative estimate of drug-likeness (QED) is 0.203. The smallest absolute Gasteiger partial charge is 0.187 e. The molecule has 4 saturated heterocycles. The van der Waals surface area contributed by atoms with Crippen LogP contribution in [0.15, 0.2) is 11.6 Å². The van der Waals surface area contributed by atoms with E-state index in [-0.39, 0.29) is 35.9 Å². The zero-order chi connectivity index (χ0) is 36.4. The van der Waals surface area contributed by atoms with Crippen LogP contribution in [-0.2, 0) is 28.4 Å². The average molecular weight is 725 g/mol. The summed E-state index contributed by atoms with van der Waals surface area (Å²) in [5.74, 6) is 0.859. The minimum atomic E-state index is -1.62. The largest absolute Gasteiger partial charge is 0.393 e. The van der Waals surface area contributed by atoms with Crippen molar-refractivity contribution in [3.63, 3.8) is 0 Å². The van der Waals surface area contributed by atoms with E-state index in [2.05, 4.69) is 26.8 Å². The third-order valence-corrected chi connectivity index (χ3v) is 15.4. The first-order chi connectivity index (χ1) is 24.1. The van der Waals surface area contributed by atoms with E-state index in [0.29, 0.717) is 43.6 Å². The van der Waals surface area contributed by atoms with Crippen LogP contribution in [0.25, 0.3) is 0 Å². The number of ether oxygens (including phenoxy) is 6. The lowest BCUT2D eigenvalue weighted by molar-refractivity contribution is -0.362. The molecule has 22 atom stereocenters. The van der Waals surface area contributed by atoms with Crippen molar-refractivity contribution in [1.29, 1.82) is 0 Å². The zero-order valence-corrected chi connectivity index (χ0v) is 30.5. The molecular weight excluding hydrogens is 664 g/mol. The second-order valence-corrected chi connectivity index (χ2v) is 18.0. The molecule has 13 heteroatoms. The SMILES string of the molecule is C[C@@H]1CO[C@]2(C[C@@H]1O)O[C@H]1C[C@H]3[C@H]4CC=C5C[C@@H](O)C[C@@H](O[C@H]6OC[C@@H](O)[C@@H](O)[C@H]6O[C@@H]6O[C@@H](C)[C@H](O)[C@@H](O)[C@H]6O)[C@]5(C)[C@H]4CC[C@]3(C)[C@H]1[C@@H]2C. The zero-order valence-electron chi connectivity index (χ0n) is 30.5. The monoisotopic (exact) mass is 724 g/mol. The number of aliphatic hydroxyl groups excluding tert-OH is 7. The molecule has 4 aliphatic heterocycles. The summed E-state index contributed by atoms with van der Waals surface area (Å²) in [4.78, 5) is 0. The van der Waals surface area contributed by atoms with Crippen LogP contribution in [0.3, 0.4) is 0 Å². The highest BCUT2D eigenvalue weighted by Gasteiger charge is 2.70. The Balaban J connectivity index is 1.04. The van der Waals surface area contributed by atoms with Crippen LogP contribution < -0.4 is 0 Å². The van der Waals surface area contributed by atoms with Gasteiger partial charge in [-0.2, -0.15) is 0 Å². The van der Waals surface area contributed by atoms with E-state index in [0.717, 1.165) is 25.7 Å². The van der Waals surface area contributed by atoms with E-state index in [9.17, 15) is 35.7 Å². The molecule has 0 bridgehead atoms. The molecule has 4 aliphatic carbocycles. The summed E-state index contributed by atoms with van der Waals surface area (Å²) in [6, 6.07) is 0. The second kappa shape index (κ2) is 13.2. The molecule has 0 aromatic carbocycles. The van der Waals surface area contributed by atoms with Crippen molar-refractivity contribution in [3.8, 4) is 0 Å². The Morgan fingerprint density at radius 1 is 0.824 bits per heavy atom. The van der Waals surface area contributed by atoms with Crippen molar-refractivity contribution >= 4 is 0 Å². The van der Waals surface area contributed by atoms with Crippen molar-refractivity contribution in [2.24, 2.45) is 46.3 Å². The van der Waals surface area contributed by atoms with E-state index in [4.69, 9.17) is 28.4 Å². The topological polar surface area (TPSA) is 197 Å². The molecule has 3 saturated carbocycles. The van der Waals surface area contributed by atoms with Gasteiger partial charge in [0.15, 0.2) is 18.4 Å². The van der Waals surface area contributed by atoms with Gasteiger partial charge in [0, 0.05) is 30.1 Å². The summed E-state index contributed by atoms with van der Waals surface area (Å²) in [6.07, 6.45) is -5.94. The maximum Gasteiger partial charge on any atom is 0.187 e. The van der Waals surface area contributed by atoms with Gasteiger partial charge in [-0.1, -0.05) is 39.3 Å². The Hall–Kier alpha value is -0.780. The van der Waals surface area contributed by atoms with Gasteiger partial charge >= 0.3 is 0 Å². The third kappa shape index (κ3) is 5.66. The molecule has 4 heterocycles. The Bertz CT molecular complexity index is 1330. The molecule has 0 amide bonds. The lowest BCUT2D eigenvalue weighted by Crippen LogP contribution is -2.63. The highest BCUT2D eigenvalue weighted by molar-refractivity contribution is 5.29. The standard InChI is InChI=1S/C38H60O13/c1-16-14-47-38(13-24(16)40)17(2)28-26(51-38)12-23-21-7-6-19-10-20(39)11-27(37(19,5)22(21)8-9-36(23,28)4)49-35-33(30(43)25(41)15-46-35)50-34-32(45)31(44)29(42)18(3)48-34/h6,16-18,20-35,39-45H,7-15H2,1-5H3/t16-,17+,18+,20-,21+,22+,23+,24+,25-,26+,27-,28+,29+,30-,31-,32-,33-,34+,35-,36+,37+,38-/m1/s1. The van der Waals surface area contributed by atoms with Crippen molar-refractivity contribution in [2.45, 2.75) is 165 Å². The molecule has 290 valence electrons. The lowest BCUT2D eigenvalue weighted by Gasteiger charge is -2.60. The minimum Gasteiger partial charge on any atom is -0.393 e. The van der Waals surface area contributed by atoms with Gasteiger partial charge in [-0.15, -0.1) is 0 Å². The number of hydrogen-bond donors (Lipinski definition) is 7. The predicted octanol–water partition coefficient (Wildman–Crippen LogP) is 0.971. The van der Waals surface area contributed by atoms with Gasteiger partial charge in [-0.05, 0) is 68.1 Å². The molecule has 0 radical (unpaired) electrons. The Morgan fingerprint density at radius 2 is 1.59 bits per heavy atom. The summed E-state index contributed by atoms with van der Waals surface area (Å²) >= 11 is 0. The molecule has 1 spiro atoms. The normalized spacial score (nSPS) is 59.8. The van der Waals surface area contributed by atoms with Crippen molar-refractivity contribution in [1.82, 2.24) is 0 Å². The fraction of sp³-hybridized carbons (Fsp3) is 0.947. The molecule has 8 rings (SSSR count). The first-order valence-electron chi connectivity index (χ1n) is 19.4. The van der Waals surface area contributed by atoms with E-state index in [1.165, 1.54) is 12.5 Å². The van der Waals surface area contributed by atoms with E-state index >= 15 is 0 Å². The summed E-state index contributed by atoms with van der Waals surface area (Å²) < 4.78 is 37.8. The van der Waals surface area contributed by atoms with Gasteiger partial charge in [-0.25, -0.2) is 0 Å². The van der Waals surface area contributed by atoms with Crippen LogP contribution in [0.2, 0.25) is 0 Å². The molecule has 13 nitrogen and oxygen atoms in total. The van der Waals surface area contributed by atoms with Crippen LogP contribution in [0.1, 0.15) is 79.6 Å². The molecule has 0 aromatic rings. The van der Waals surface area contributed by atoms with Crippen molar-refractivity contribution < 1.29 is 64.2 Å². The maximum absolute atomic E-state index is 11.1. The maximum atomic E-state index is 11.1. The Kier molecular flexibility index (Phi) is 9.60. The Morgan fingerprint density at radius 3 is 2.33 bits per heavy atom. The number of fused-ring (bicyclic) bond motifs is 7. The molecule has 7 fully saturated rings. The molecule has 8 aliphatic rings. The molecular formula is C38H60O13. The second-order valence-electron chi connectivity index (χ2n) is 18.0. The minimum absolute atomic E-state index is 0.0418. The molecule has 7 N–H and O–H groups in total. The number of rotatable bonds is 4. The summed E-state index contributed by atoms with van der Waals surface area (Å²) in [5, 5.41) is 75.0. The van der Waals surface area contributed by atoms with Crippen LogP contribution in [0.5, 0.6) is 0 Å². The van der Waals surface area contributed by atoms with Gasteiger partial charge in [0.1, 0.15) is 36.6 Å². The highest BCUT2D eigenvalue weighted by Crippen LogP contribution is 2.71. The summed E-state index contributed by atoms with van der Waals surface area (Å²) in [5.41, 5.74) is 0.759. The van der Waals surface area contributed by atoms with Crippen LogP contribution in [0.4, 0.5) is 0 Å². The first kappa shape index (κ1) is 37.2. The third-order valence-electron chi connectivity index (χ3n) is 15.4. The Labute approximate surface area is 300 Å². The van der Waals surface area contributed by atoms with E-state index < -0.39 is 84.8 Å². The highest BCUT2D eigenvalue weighted by atomic mass is 16.8. The molecule has 0 unspecified atom stereocenters. The average Bonchev–Trinajstić information content (AvgIpc) is 3.53. The molecule has 0 aromatic heterocycles. The van der Waals surface area contributed by atoms with E-state index in [1.807, 2.05) is 6.92 Å². The predicted molar refractivity (Wildman–Crippen MR) is 178 cm³/mol. The van der Waals surface area contributed by atoms with Crippen LogP contribution in [-0.4, -0.2) is 134 Å². The van der Waals surface area contributed by atoms with Gasteiger partial charge < -0.3 is 64.2 Å². The van der Waals surface area contributed by atoms with Gasteiger partial charge in [0.2, 0.25) is 0 Å². The van der Waals surface area contributed by atoms with Gasteiger partial charge in [0.25, 0.3) is 0 Å². The fourth-order valence-electron chi connectivity index (χ4n) is 12.4. The first-order valence-corrected chi connectivity index (χ1v) is 19.4. The van der Waals surface area contributed by atoms with Crippen molar-refractivity contribution in [3.05, 3.63) is 11.6 Å². The van der Waals surface area contributed by atoms with Crippen LogP contribution >= 0.6 is 0 Å². The lowest BCUT2D eigenvalue weighted by atomic mass is 9.46. The van der Waals surface area contributed by atoms with E-state index in [1.54, 1.807) is 0 Å². The number of aliphatic hydroxyl groups is 7. The summed E-state index contributed by atoms with van der Waals surface area (Å²) in [7, 11) is 0.